The van der Waals surface area contributed by atoms with Gasteiger partial charge in [0.2, 0.25) is 0 Å². The van der Waals surface area contributed by atoms with Crippen molar-refractivity contribution in [2.24, 2.45) is 10.4 Å². The fourth-order valence-corrected chi connectivity index (χ4v) is 1.67. The third kappa shape index (κ3) is 1.84. The maximum Gasteiger partial charge on any atom is 0.277 e. The van der Waals surface area contributed by atoms with E-state index in [2.05, 4.69) is 25.8 Å². The number of carbonyl (C=O) groups excluding carboxylic acids is 1. The summed E-state index contributed by atoms with van der Waals surface area (Å²) in [6.45, 7) is 6.21. The Morgan fingerprint density at radius 3 is 2.13 bits per heavy atom. The van der Waals surface area contributed by atoms with Crippen molar-refractivity contribution >= 4 is 11.6 Å². The number of carbonyl (C=O) groups is 1. The van der Waals surface area contributed by atoms with Gasteiger partial charge in [-0.3, -0.25) is 4.79 Å². The predicted molar refractivity (Wildman–Crippen MR) is 63.5 cm³/mol. The van der Waals surface area contributed by atoms with E-state index < -0.39 is 0 Å². The molecule has 1 heterocycles. The van der Waals surface area contributed by atoms with Crippen molar-refractivity contribution in [2.75, 3.05) is 0 Å². The average Bonchev–Trinajstić information content (AvgIpc) is 2.44. The van der Waals surface area contributed by atoms with Crippen LogP contribution in [0.4, 0.5) is 0 Å². The number of amides is 1. The number of fused-ring (bicyclic) bond motifs is 1. The van der Waals surface area contributed by atoms with Gasteiger partial charge in [0.05, 0.1) is 11.3 Å². The standard InChI is InChI=1S/C12H13NO.CH4/c1-12(2,3)10-8-6-4-5-7-9(8)11(14)13-10;/h4-7H,1-3H3;1H4. The van der Waals surface area contributed by atoms with Crippen LogP contribution >= 0.6 is 0 Å². The average molecular weight is 203 g/mol. The van der Waals surface area contributed by atoms with Crippen LogP contribution in [0.2, 0.25) is 0 Å². The molecule has 0 radical (unpaired) electrons. The number of hydrogen-bond acceptors (Lipinski definition) is 1. The highest BCUT2D eigenvalue weighted by molar-refractivity contribution is 6.22. The molecule has 0 saturated heterocycles. The van der Waals surface area contributed by atoms with Crippen molar-refractivity contribution in [3.8, 4) is 0 Å². The van der Waals surface area contributed by atoms with Crippen molar-refractivity contribution in [1.82, 2.24) is 0 Å². The summed E-state index contributed by atoms with van der Waals surface area (Å²) in [5.41, 5.74) is 2.56. The molecular formula is C13H17NO. The van der Waals surface area contributed by atoms with E-state index in [0.717, 1.165) is 16.8 Å². The zero-order valence-corrected chi connectivity index (χ0v) is 8.66. The van der Waals surface area contributed by atoms with Gasteiger partial charge in [-0.2, -0.15) is 0 Å². The molecule has 0 spiro atoms. The van der Waals surface area contributed by atoms with Crippen LogP contribution in [-0.4, -0.2) is 11.6 Å². The van der Waals surface area contributed by atoms with E-state index in [-0.39, 0.29) is 18.7 Å². The van der Waals surface area contributed by atoms with Crippen molar-refractivity contribution in [1.29, 1.82) is 0 Å². The predicted octanol–water partition coefficient (Wildman–Crippen LogP) is 3.31. The van der Waals surface area contributed by atoms with Crippen LogP contribution in [0.25, 0.3) is 0 Å². The third-order valence-corrected chi connectivity index (χ3v) is 2.34. The lowest BCUT2D eigenvalue weighted by molar-refractivity contribution is 0.101. The van der Waals surface area contributed by atoms with Gasteiger partial charge in [0.25, 0.3) is 5.91 Å². The van der Waals surface area contributed by atoms with Gasteiger partial charge in [-0.05, 0) is 6.07 Å². The first-order chi connectivity index (χ1) is 6.50. The summed E-state index contributed by atoms with van der Waals surface area (Å²) in [5.74, 6) is -0.106. The minimum atomic E-state index is -0.106. The monoisotopic (exact) mass is 203 g/mol. The van der Waals surface area contributed by atoms with Crippen LogP contribution in [0.1, 0.15) is 44.1 Å². The molecule has 0 aromatic heterocycles. The molecule has 0 N–H and O–H groups in total. The molecule has 0 saturated carbocycles. The summed E-state index contributed by atoms with van der Waals surface area (Å²) in [4.78, 5) is 15.6. The van der Waals surface area contributed by atoms with Crippen molar-refractivity contribution in [2.45, 2.75) is 28.2 Å². The van der Waals surface area contributed by atoms with Crippen molar-refractivity contribution < 1.29 is 4.79 Å². The maximum absolute atomic E-state index is 11.5. The summed E-state index contributed by atoms with van der Waals surface area (Å²) in [7, 11) is 0. The summed E-state index contributed by atoms with van der Waals surface area (Å²) in [6, 6.07) is 7.61. The minimum Gasteiger partial charge on any atom is -0.267 e. The van der Waals surface area contributed by atoms with E-state index in [1.807, 2.05) is 24.3 Å². The highest BCUT2D eigenvalue weighted by atomic mass is 16.1. The van der Waals surface area contributed by atoms with Crippen molar-refractivity contribution in [3.63, 3.8) is 0 Å². The molecular weight excluding hydrogens is 186 g/mol. The second kappa shape index (κ2) is 3.61. The lowest BCUT2D eigenvalue weighted by Crippen LogP contribution is -2.19. The highest BCUT2D eigenvalue weighted by Gasteiger charge is 2.30. The first-order valence-electron chi connectivity index (χ1n) is 4.73. The molecule has 2 heteroatoms. The Bertz CT molecular complexity index is 424. The van der Waals surface area contributed by atoms with E-state index in [1.165, 1.54) is 0 Å². The first kappa shape index (κ1) is 11.6. The molecule has 1 amide bonds. The van der Waals surface area contributed by atoms with Gasteiger partial charge in [0.15, 0.2) is 0 Å². The van der Waals surface area contributed by atoms with Crippen LogP contribution in [0.15, 0.2) is 29.3 Å². The molecule has 0 atom stereocenters. The highest BCUT2D eigenvalue weighted by Crippen LogP contribution is 2.29. The van der Waals surface area contributed by atoms with E-state index in [9.17, 15) is 4.79 Å². The summed E-state index contributed by atoms with van der Waals surface area (Å²) in [5, 5.41) is 0. The maximum atomic E-state index is 11.5. The molecule has 0 unspecified atom stereocenters. The summed E-state index contributed by atoms with van der Waals surface area (Å²) in [6.07, 6.45) is 0. The van der Waals surface area contributed by atoms with E-state index in [4.69, 9.17) is 0 Å². The van der Waals surface area contributed by atoms with Crippen LogP contribution in [-0.2, 0) is 0 Å². The number of aliphatic imine (C=N–C) groups is 1. The second-order valence-corrected chi connectivity index (χ2v) is 4.56. The van der Waals surface area contributed by atoms with E-state index in [0.29, 0.717) is 0 Å². The molecule has 0 bridgehead atoms. The molecule has 2 rings (SSSR count). The van der Waals surface area contributed by atoms with Crippen LogP contribution in [0.5, 0.6) is 0 Å². The van der Waals surface area contributed by atoms with Gasteiger partial charge >= 0.3 is 0 Å². The molecule has 0 aliphatic carbocycles. The normalized spacial score (nSPS) is 14.3. The topological polar surface area (TPSA) is 29.4 Å². The van der Waals surface area contributed by atoms with Gasteiger partial charge < -0.3 is 0 Å². The van der Waals surface area contributed by atoms with Crippen LogP contribution in [0, 0.1) is 5.41 Å². The molecule has 1 aliphatic heterocycles. The largest absolute Gasteiger partial charge is 0.277 e. The Hall–Kier alpha value is -1.44. The fraction of sp³-hybridized carbons (Fsp3) is 0.385. The molecule has 1 aliphatic rings. The molecule has 15 heavy (non-hydrogen) atoms. The summed E-state index contributed by atoms with van der Waals surface area (Å²) >= 11 is 0. The second-order valence-electron chi connectivity index (χ2n) is 4.56. The SMILES string of the molecule is C.CC(C)(C)C1=NC(=O)c2ccccc21. The molecule has 1 aromatic rings. The zero-order chi connectivity index (χ0) is 10.3. The number of hydrogen-bond donors (Lipinski definition) is 0. The van der Waals surface area contributed by atoms with Gasteiger partial charge in [0.1, 0.15) is 0 Å². The number of benzene rings is 1. The Balaban J connectivity index is 0.00000112. The van der Waals surface area contributed by atoms with E-state index >= 15 is 0 Å². The lowest BCUT2D eigenvalue weighted by Gasteiger charge is -2.18. The van der Waals surface area contributed by atoms with Gasteiger partial charge in [-0.25, -0.2) is 4.99 Å². The number of nitrogens with zero attached hydrogens (tertiary/aromatic N) is 1. The van der Waals surface area contributed by atoms with E-state index in [1.54, 1.807) is 0 Å². The number of rotatable bonds is 0. The minimum absolute atomic E-state index is 0. The van der Waals surface area contributed by atoms with Gasteiger partial charge in [-0.1, -0.05) is 46.4 Å². The van der Waals surface area contributed by atoms with Crippen molar-refractivity contribution in [3.05, 3.63) is 35.4 Å². The Morgan fingerprint density at radius 2 is 1.60 bits per heavy atom. The third-order valence-electron chi connectivity index (χ3n) is 2.34. The van der Waals surface area contributed by atoms with Gasteiger partial charge in [0, 0.05) is 11.0 Å². The fourth-order valence-electron chi connectivity index (χ4n) is 1.67. The first-order valence-corrected chi connectivity index (χ1v) is 4.73. The smallest absolute Gasteiger partial charge is 0.267 e. The lowest BCUT2D eigenvalue weighted by atomic mass is 9.85. The Kier molecular flexibility index (Phi) is 2.80. The van der Waals surface area contributed by atoms with Gasteiger partial charge in [-0.15, -0.1) is 0 Å². The van der Waals surface area contributed by atoms with Crippen LogP contribution in [0.3, 0.4) is 0 Å². The Morgan fingerprint density at radius 1 is 1.07 bits per heavy atom. The molecule has 0 fully saturated rings. The molecule has 80 valence electrons. The zero-order valence-electron chi connectivity index (χ0n) is 8.66. The summed E-state index contributed by atoms with van der Waals surface area (Å²) < 4.78 is 0. The quantitative estimate of drug-likeness (QED) is 0.636. The van der Waals surface area contributed by atoms with Crippen LogP contribution < -0.4 is 0 Å². The Labute approximate surface area is 91.0 Å². The molecule has 2 nitrogen and oxygen atoms in total. The molecule has 1 aromatic carbocycles.